The predicted octanol–water partition coefficient (Wildman–Crippen LogP) is 4.46. The maximum Gasteiger partial charge on any atom is 0.224 e. The van der Waals surface area contributed by atoms with Crippen LogP contribution < -0.4 is 10.6 Å². The monoisotopic (exact) mass is 280 g/mol. The number of carbonyl (C=O) groups excluding carboxylic acids is 1. The smallest absolute Gasteiger partial charge is 0.224 e. The van der Waals surface area contributed by atoms with Gasteiger partial charge < -0.3 is 10.6 Å². The molecule has 1 aromatic rings. The first-order valence-electron chi connectivity index (χ1n) is 6.53. The first-order valence-corrected chi connectivity index (χ1v) is 6.91. The van der Waals surface area contributed by atoms with E-state index in [9.17, 15) is 4.79 Å². The van der Waals surface area contributed by atoms with Crippen LogP contribution in [0.15, 0.2) is 30.9 Å². The maximum absolute atomic E-state index is 11.4. The molecular weight excluding hydrogens is 260 g/mol. The van der Waals surface area contributed by atoms with Crippen LogP contribution in [-0.4, -0.2) is 11.9 Å². The third kappa shape index (κ3) is 5.35. The summed E-state index contributed by atoms with van der Waals surface area (Å²) in [6.45, 7) is 7.63. The topological polar surface area (TPSA) is 41.1 Å². The first-order chi connectivity index (χ1) is 9.06. The van der Waals surface area contributed by atoms with Crippen LogP contribution in [-0.2, 0) is 4.79 Å². The van der Waals surface area contributed by atoms with E-state index in [4.69, 9.17) is 11.6 Å². The second kappa shape index (κ2) is 7.85. The fourth-order valence-corrected chi connectivity index (χ4v) is 1.84. The lowest BCUT2D eigenvalue weighted by Crippen LogP contribution is -2.15. The van der Waals surface area contributed by atoms with Gasteiger partial charge in [-0.1, -0.05) is 24.6 Å². The molecule has 0 aliphatic carbocycles. The summed E-state index contributed by atoms with van der Waals surface area (Å²) >= 11 is 6.15. The number of amides is 1. The summed E-state index contributed by atoms with van der Waals surface area (Å²) in [5.74, 6) is -0.00650. The number of carbonyl (C=O) groups is 1. The van der Waals surface area contributed by atoms with E-state index in [1.165, 1.54) is 0 Å². The Morgan fingerprint density at radius 1 is 1.53 bits per heavy atom. The van der Waals surface area contributed by atoms with E-state index in [1.807, 2.05) is 19.1 Å². The van der Waals surface area contributed by atoms with Crippen molar-refractivity contribution in [3.05, 3.63) is 35.9 Å². The van der Waals surface area contributed by atoms with Crippen molar-refractivity contribution in [1.29, 1.82) is 0 Å². The Labute approximate surface area is 120 Å². The zero-order valence-corrected chi connectivity index (χ0v) is 12.3. The second-order valence-electron chi connectivity index (χ2n) is 4.51. The molecule has 19 heavy (non-hydrogen) atoms. The van der Waals surface area contributed by atoms with Crippen molar-refractivity contribution in [3.63, 3.8) is 0 Å². The van der Waals surface area contributed by atoms with Gasteiger partial charge in [-0.05, 0) is 38.0 Å². The highest BCUT2D eigenvalue weighted by Gasteiger charge is 2.07. The quantitative estimate of drug-likeness (QED) is 0.724. The molecule has 0 radical (unpaired) electrons. The van der Waals surface area contributed by atoms with Crippen LogP contribution in [0.25, 0.3) is 0 Å². The summed E-state index contributed by atoms with van der Waals surface area (Å²) in [4.78, 5) is 11.4. The fraction of sp³-hybridized carbons (Fsp3) is 0.400. The summed E-state index contributed by atoms with van der Waals surface area (Å²) in [5.41, 5.74) is 1.60. The third-order valence-corrected chi connectivity index (χ3v) is 3.11. The molecule has 0 saturated carbocycles. The van der Waals surface area contributed by atoms with Gasteiger partial charge in [0.05, 0.1) is 10.7 Å². The molecule has 0 spiro atoms. The van der Waals surface area contributed by atoms with Crippen molar-refractivity contribution in [1.82, 2.24) is 0 Å². The van der Waals surface area contributed by atoms with Gasteiger partial charge in [-0.3, -0.25) is 4.79 Å². The standard InChI is InChI=1S/C15H21ClN2O/c1-4-6-7-11(3)17-14-10-12(8-9-13(14)16)18-15(19)5-2/h4,8-11,17H,1,5-7H2,2-3H3,(H,18,19). The molecule has 1 unspecified atom stereocenters. The average Bonchev–Trinajstić information content (AvgIpc) is 2.40. The zero-order valence-electron chi connectivity index (χ0n) is 11.5. The number of rotatable bonds is 7. The number of nitrogens with one attached hydrogen (secondary N) is 2. The van der Waals surface area contributed by atoms with Crippen LogP contribution in [0.1, 0.15) is 33.1 Å². The van der Waals surface area contributed by atoms with E-state index in [0.29, 0.717) is 17.5 Å². The van der Waals surface area contributed by atoms with Gasteiger partial charge in [0.15, 0.2) is 0 Å². The second-order valence-corrected chi connectivity index (χ2v) is 4.91. The molecule has 104 valence electrons. The van der Waals surface area contributed by atoms with E-state index >= 15 is 0 Å². The van der Waals surface area contributed by atoms with Gasteiger partial charge in [-0.25, -0.2) is 0 Å². The largest absolute Gasteiger partial charge is 0.381 e. The number of anilines is 2. The Bertz CT molecular complexity index is 446. The summed E-state index contributed by atoms with van der Waals surface area (Å²) in [7, 11) is 0. The Balaban J connectivity index is 2.73. The van der Waals surface area contributed by atoms with Gasteiger partial charge in [0.25, 0.3) is 0 Å². The van der Waals surface area contributed by atoms with E-state index in [0.717, 1.165) is 24.2 Å². The molecule has 0 aliphatic rings. The lowest BCUT2D eigenvalue weighted by Gasteiger charge is -2.16. The van der Waals surface area contributed by atoms with Crippen molar-refractivity contribution >= 4 is 28.9 Å². The molecular formula is C15H21ClN2O. The van der Waals surface area contributed by atoms with Crippen molar-refractivity contribution in [2.45, 2.75) is 39.2 Å². The van der Waals surface area contributed by atoms with Gasteiger partial charge in [0.2, 0.25) is 5.91 Å². The predicted molar refractivity (Wildman–Crippen MR) is 82.9 cm³/mol. The van der Waals surface area contributed by atoms with Crippen molar-refractivity contribution in [2.24, 2.45) is 0 Å². The normalized spacial score (nSPS) is 11.7. The van der Waals surface area contributed by atoms with Gasteiger partial charge in [-0.15, -0.1) is 6.58 Å². The number of halogens is 1. The summed E-state index contributed by atoms with van der Waals surface area (Å²) in [6, 6.07) is 5.75. The molecule has 1 rings (SSSR count). The molecule has 0 bridgehead atoms. The minimum Gasteiger partial charge on any atom is -0.381 e. The minimum absolute atomic E-state index is 0.00650. The Morgan fingerprint density at radius 3 is 2.89 bits per heavy atom. The van der Waals surface area contributed by atoms with Gasteiger partial charge in [0.1, 0.15) is 0 Å². The highest BCUT2D eigenvalue weighted by Crippen LogP contribution is 2.26. The van der Waals surface area contributed by atoms with Crippen molar-refractivity contribution in [3.8, 4) is 0 Å². The summed E-state index contributed by atoms with van der Waals surface area (Å²) < 4.78 is 0. The summed E-state index contributed by atoms with van der Waals surface area (Å²) in [5, 5.41) is 6.82. The third-order valence-electron chi connectivity index (χ3n) is 2.78. The maximum atomic E-state index is 11.4. The number of allylic oxidation sites excluding steroid dienone is 1. The fourth-order valence-electron chi connectivity index (χ4n) is 1.67. The molecule has 1 atom stereocenters. The van der Waals surface area contributed by atoms with E-state index in [2.05, 4.69) is 24.1 Å². The van der Waals surface area contributed by atoms with Crippen LogP contribution in [0.4, 0.5) is 11.4 Å². The molecule has 0 aromatic heterocycles. The number of hydrogen-bond acceptors (Lipinski definition) is 2. The lowest BCUT2D eigenvalue weighted by atomic mass is 10.1. The minimum atomic E-state index is -0.00650. The molecule has 4 heteroatoms. The molecule has 1 amide bonds. The highest BCUT2D eigenvalue weighted by molar-refractivity contribution is 6.33. The molecule has 3 nitrogen and oxygen atoms in total. The summed E-state index contributed by atoms with van der Waals surface area (Å²) in [6.07, 6.45) is 4.31. The number of hydrogen-bond donors (Lipinski definition) is 2. The molecule has 0 saturated heterocycles. The van der Waals surface area contributed by atoms with E-state index in [-0.39, 0.29) is 5.91 Å². The molecule has 1 aromatic carbocycles. The first kappa shape index (κ1) is 15.6. The van der Waals surface area contributed by atoms with E-state index < -0.39 is 0 Å². The van der Waals surface area contributed by atoms with Crippen molar-refractivity contribution in [2.75, 3.05) is 10.6 Å². The average molecular weight is 281 g/mol. The van der Waals surface area contributed by atoms with Gasteiger partial charge in [0, 0.05) is 18.2 Å². The molecule has 2 N–H and O–H groups in total. The molecule has 0 heterocycles. The Kier molecular flexibility index (Phi) is 6.43. The van der Waals surface area contributed by atoms with Crippen LogP contribution in [0.3, 0.4) is 0 Å². The van der Waals surface area contributed by atoms with Crippen molar-refractivity contribution < 1.29 is 4.79 Å². The molecule has 0 aliphatic heterocycles. The van der Waals surface area contributed by atoms with Crippen LogP contribution >= 0.6 is 11.6 Å². The van der Waals surface area contributed by atoms with Gasteiger partial charge in [-0.2, -0.15) is 0 Å². The Morgan fingerprint density at radius 2 is 2.26 bits per heavy atom. The zero-order chi connectivity index (χ0) is 14.3. The SMILES string of the molecule is C=CCCC(C)Nc1cc(NC(=O)CC)ccc1Cl. The van der Waals surface area contributed by atoms with Crippen LogP contribution in [0.5, 0.6) is 0 Å². The molecule has 0 fully saturated rings. The lowest BCUT2D eigenvalue weighted by molar-refractivity contribution is -0.115. The highest BCUT2D eigenvalue weighted by atomic mass is 35.5. The van der Waals surface area contributed by atoms with Gasteiger partial charge >= 0.3 is 0 Å². The van der Waals surface area contributed by atoms with Crippen LogP contribution in [0, 0.1) is 0 Å². The number of benzene rings is 1. The van der Waals surface area contributed by atoms with E-state index in [1.54, 1.807) is 12.1 Å². The van der Waals surface area contributed by atoms with Crippen LogP contribution in [0.2, 0.25) is 5.02 Å². The Hall–Kier alpha value is -1.48.